The van der Waals surface area contributed by atoms with Crippen LogP contribution < -0.4 is 10.5 Å². The molecule has 1 aliphatic rings. The first-order valence-corrected chi connectivity index (χ1v) is 10.0. The van der Waals surface area contributed by atoms with E-state index in [-0.39, 0.29) is 29.0 Å². The van der Waals surface area contributed by atoms with Gasteiger partial charge in [0.25, 0.3) is 5.91 Å². The molecule has 1 aliphatic carbocycles. The molecule has 25 heavy (non-hydrogen) atoms. The van der Waals surface area contributed by atoms with E-state index in [0.717, 1.165) is 25.7 Å². The van der Waals surface area contributed by atoms with Crippen LogP contribution in [0.2, 0.25) is 0 Å². The molecule has 1 aromatic carbocycles. The van der Waals surface area contributed by atoms with Crippen molar-refractivity contribution in [3.8, 4) is 0 Å². The maximum atomic E-state index is 11.9. The van der Waals surface area contributed by atoms with Crippen LogP contribution in [0.1, 0.15) is 55.3 Å². The highest BCUT2D eigenvalue weighted by Crippen LogP contribution is 2.17. The molecule has 2 rings (SSSR count). The lowest BCUT2D eigenvalue weighted by Crippen LogP contribution is -2.38. The molecule has 1 amide bonds. The van der Waals surface area contributed by atoms with Crippen LogP contribution >= 0.6 is 0 Å². The van der Waals surface area contributed by atoms with Crippen LogP contribution in [0.3, 0.4) is 0 Å². The van der Waals surface area contributed by atoms with Gasteiger partial charge in [0.2, 0.25) is 10.0 Å². The van der Waals surface area contributed by atoms with Gasteiger partial charge in [0.15, 0.2) is 6.61 Å². The van der Waals surface area contributed by atoms with Crippen LogP contribution in [0.4, 0.5) is 0 Å². The third kappa shape index (κ3) is 6.47. The van der Waals surface area contributed by atoms with Crippen molar-refractivity contribution in [2.75, 3.05) is 6.61 Å². The smallest absolute Gasteiger partial charge is 0.338 e. The van der Waals surface area contributed by atoms with Gasteiger partial charge in [0.1, 0.15) is 0 Å². The van der Waals surface area contributed by atoms with Gasteiger partial charge in [0, 0.05) is 6.04 Å². The van der Waals surface area contributed by atoms with Gasteiger partial charge >= 0.3 is 5.97 Å². The number of hydrogen-bond acceptors (Lipinski definition) is 5. The van der Waals surface area contributed by atoms with Gasteiger partial charge in [-0.3, -0.25) is 4.79 Å². The molecule has 1 aromatic rings. The number of benzene rings is 1. The Labute approximate surface area is 148 Å². The zero-order valence-electron chi connectivity index (χ0n) is 14.1. The van der Waals surface area contributed by atoms with Crippen molar-refractivity contribution in [1.82, 2.24) is 5.32 Å². The third-order valence-electron chi connectivity index (χ3n) is 4.22. The van der Waals surface area contributed by atoms with E-state index < -0.39 is 16.0 Å². The summed E-state index contributed by atoms with van der Waals surface area (Å²) in [4.78, 5) is 23.8. The molecular formula is C17H24N2O5S. The average Bonchev–Trinajstić information content (AvgIpc) is 2.54. The molecule has 1 saturated carbocycles. The fourth-order valence-corrected chi connectivity index (χ4v) is 3.38. The predicted octanol–water partition coefficient (Wildman–Crippen LogP) is 1.72. The molecule has 8 heteroatoms. The van der Waals surface area contributed by atoms with Gasteiger partial charge < -0.3 is 10.1 Å². The van der Waals surface area contributed by atoms with Gasteiger partial charge in [-0.15, -0.1) is 0 Å². The van der Waals surface area contributed by atoms with Crippen LogP contribution in [0.15, 0.2) is 29.2 Å². The monoisotopic (exact) mass is 368 g/mol. The molecule has 0 bridgehead atoms. The zero-order chi connectivity index (χ0) is 18.3. The first-order chi connectivity index (χ1) is 11.9. The Morgan fingerprint density at radius 2 is 1.60 bits per heavy atom. The molecule has 0 spiro atoms. The lowest BCUT2D eigenvalue weighted by molar-refractivity contribution is -0.125. The van der Waals surface area contributed by atoms with Crippen molar-refractivity contribution in [2.24, 2.45) is 5.14 Å². The standard InChI is InChI=1S/C17H24N2O5S/c18-25(22,23)15-10-8-13(9-11-15)17(21)24-12-16(20)19-14-6-4-2-1-3-5-7-14/h8-11,14H,1-7,12H2,(H,19,20)(H2,18,22,23). The van der Waals surface area contributed by atoms with Crippen molar-refractivity contribution in [2.45, 2.75) is 55.9 Å². The van der Waals surface area contributed by atoms with Crippen LogP contribution in [-0.2, 0) is 19.6 Å². The van der Waals surface area contributed by atoms with Gasteiger partial charge in [-0.05, 0) is 37.1 Å². The van der Waals surface area contributed by atoms with Gasteiger partial charge in [0.05, 0.1) is 10.5 Å². The maximum absolute atomic E-state index is 11.9. The number of sulfonamides is 1. The number of carbonyl (C=O) groups excluding carboxylic acids is 2. The van der Waals surface area contributed by atoms with Crippen LogP contribution in [0.25, 0.3) is 0 Å². The van der Waals surface area contributed by atoms with Crippen molar-refractivity contribution < 1.29 is 22.7 Å². The molecule has 0 radical (unpaired) electrons. The fraction of sp³-hybridized carbons (Fsp3) is 0.529. The number of hydrogen-bond donors (Lipinski definition) is 2. The topological polar surface area (TPSA) is 116 Å². The third-order valence-corrected chi connectivity index (χ3v) is 5.15. The van der Waals surface area contributed by atoms with E-state index in [1.54, 1.807) is 0 Å². The van der Waals surface area contributed by atoms with Crippen molar-refractivity contribution >= 4 is 21.9 Å². The molecule has 0 heterocycles. The lowest BCUT2D eigenvalue weighted by atomic mass is 9.97. The minimum atomic E-state index is -3.81. The first kappa shape index (κ1) is 19.4. The summed E-state index contributed by atoms with van der Waals surface area (Å²) < 4.78 is 27.3. The van der Waals surface area contributed by atoms with E-state index >= 15 is 0 Å². The van der Waals surface area contributed by atoms with Gasteiger partial charge in [-0.1, -0.05) is 32.1 Å². The number of rotatable bonds is 5. The van der Waals surface area contributed by atoms with Crippen LogP contribution in [0, 0.1) is 0 Å². The minimum Gasteiger partial charge on any atom is -0.452 e. The van der Waals surface area contributed by atoms with E-state index in [1.165, 1.54) is 43.5 Å². The number of primary sulfonamides is 1. The Balaban J connectivity index is 1.81. The maximum Gasteiger partial charge on any atom is 0.338 e. The molecule has 0 aliphatic heterocycles. The van der Waals surface area contributed by atoms with E-state index in [1.807, 2.05) is 0 Å². The minimum absolute atomic E-state index is 0.0916. The highest BCUT2D eigenvalue weighted by atomic mass is 32.2. The SMILES string of the molecule is NS(=O)(=O)c1ccc(C(=O)OCC(=O)NC2CCCCCCC2)cc1. The fourth-order valence-electron chi connectivity index (χ4n) is 2.86. The molecule has 7 nitrogen and oxygen atoms in total. The summed E-state index contributed by atoms with van der Waals surface area (Å²) in [6.07, 6.45) is 7.74. The summed E-state index contributed by atoms with van der Waals surface area (Å²) in [7, 11) is -3.81. The Morgan fingerprint density at radius 1 is 1.04 bits per heavy atom. The summed E-state index contributed by atoms with van der Waals surface area (Å²) >= 11 is 0. The molecule has 138 valence electrons. The Morgan fingerprint density at radius 3 is 2.16 bits per heavy atom. The number of nitrogens with one attached hydrogen (secondary N) is 1. The van der Waals surface area contributed by atoms with Crippen molar-refractivity contribution in [3.05, 3.63) is 29.8 Å². The van der Waals surface area contributed by atoms with Gasteiger partial charge in [-0.25, -0.2) is 18.4 Å². The Kier molecular flexibility index (Phi) is 6.95. The number of esters is 1. The van der Waals surface area contributed by atoms with Gasteiger partial charge in [-0.2, -0.15) is 0 Å². The van der Waals surface area contributed by atoms with Crippen molar-refractivity contribution in [1.29, 1.82) is 0 Å². The van der Waals surface area contributed by atoms with E-state index in [4.69, 9.17) is 9.88 Å². The number of nitrogens with two attached hydrogens (primary N) is 1. The largest absolute Gasteiger partial charge is 0.452 e. The molecule has 1 fully saturated rings. The molecule has 0 aromatic heterocycles. The van der Waals surface area contributed by atoms with E-state index in [9.17, 15) is 18.0 Å². The van der Waals surface area contributed by atoms with E-state index in [2.05, 4.69) is 5.32 Å². The molecule has 0 saturated heterocycles. The molecular weight excluding hydrogens is 344 g/mol. The van der Waals surface area contributed by atoms with E-state index in [0.29, 0.717) is 0 Å². The summed E-state index contributed by atoms with van der Waals surface area (Å²) in [5.41, 5.74) is 0.158. The molecule has 3 N–H and O–H groups in total. The summed E-state index contributed by atoms with van der Waals surface area (Å²) in [5.74, 6) is -1.01. The Hall–Kier alpha value is -1.93. The second kappa shape index (κ2) is 8.96. The normalized spacial score (nSPS) is 16.5. The molecule has 0 unspecified atom stereocenters. The second-order valence-electron chi connectivity index (χ2n) is 6.26. The summed E-state index contributed by atoms with van der Waals surface area (Å²) in [6.45, 7) is -0.355. The predicted molar refractivity (Wildman–Crippen MR) is 92.3 cm³/mol. The summed E-state index contributed by atoms with van der Waals surface area (Å²) in [6, 6.07) is 5.19. The first-order valence-electron chi connectivity index (χ1n) is 8.45. The molecule has 0 atom stereocenters. The number of amides is 1. The quantitative estimate of drug-likeness (QED) is 0.768. The number of ether oxygens (including phenoxy) is 1. The lowest BCUT2D eigenvalue weighted by Gasteiger charge is -2.20. The summed E-state index contributed by atoms with van der Waals surface area (Å²) in [5, 5.41) is 7.90. The highest BCUT2D eigenvalue weighted by molar-refractivity contribution is 7.89. The van der Waals surface area contributed by atoms with Crippen LogP contribution in [0.5, 0.6) is 0 Å². The van der Waals surface area contributed by atoms with Crippen molar-refractivity contribution in [3.63, 3.8) is 0 Å². The average molecular weight is 368 g/mol. The zero-order valence-corrected chi connectivity index (χ0v) is 14.9. The second-order valence-corrected chi connectivity index (χ2v) is 7.82. The Bertz CT molecular complexity index is 692. The van der Waals surface area contributed by atoms with Crippen LogP contribution in [-0.4, -0.2) is 32.9 Å². The number of carbonyl (C=O) groups is 2. The highest BCUT2D eigenvalue weighted by Gasteiger charge is 2.16.